The molecule has 2 heteroatoms. The lowest BCUT2D eigenvalue weighted by Gasteiger charge is -2.35. The molecule has 0 aliphatic heterocycles. The highest BCUT2D eigenvalue weighted by Gasteiger charge is 2.18. The lowest BCUT2D eigenvalue weighted by molar-refractivity contribution is 0.160. The van der Waals surface area contributed by atoms with Gasteiger partial charge in [0.15, 0.2) is 0 Å². The summed E-state index contributed by atoms with van der Waals surface area (Å²) in [5, 5.41) is 2.49. The predicted molar refractivity (Wildman–Crippen MR) is 248 cm³/mol. The van der Waals surface area contributed by atoms with Crippen LogP contribution in [0, 0.1) is 5.92 Å². The summed E-state index contributed by atoms with van der Waals surface area (Å²) in [4.78, 5) is 0. The molecule has 0 aliphatic rings. The molecule has 0 amide bonds. The first-order chi connectivity index (χ1) is 26.5. The molecule has 2 nitrogen and oxygen atoms in total. The van der Waals surface area contributed by atoms with E-state index in [9.17, 15) is 0 Å². The molecule has 2 atom stereocenters. The smallest absolute Gasteiger partial charge is 0.0451 e. The van der Waals surface area contributed by atoms with Crippen LogP contribution in [0.5, 0.6) is 0 Å². The number of allylic oxidation sites excluding steroid dienone is 2. The largest absolute Gasteiger partial charge is 0.310 e. The summed E-state index contributed by atoms with van der Waals surface area (Å²) in [6.45, 7) is 18.1. The molecule has 0 aromatic heterocycles. The standard InChI is InChI=1S/C52H104N2/c1-8-12-15-18-29-35-43-50(6)54(53-7)52(48-40-33-27-26-28-34-42-49(5)41-11-4)47-39-32-25-23-21-20-22-24-31-38-46-51(44-36-17-14-10-3)45-37-30-19-16-13-9-2/h51-53H,5-6,8-48H2,1-4,7H3. The van der Waals surface area contributed by atoms with E-state index in [0.717, 1.165) is 12.3 Å². The lowest BCUT2D eigenvalue weighted by atomic mass is 9.89. The minimum Gasteiger partial charge on any atom is -0.310 e. The summed E-state index contributed by atoms with van der Waals surface area (Å²) in [5.41, 5.74) is 6.39. The Morgan fingerprint density at radius 1 is 0.370 bits per heavy atom. The SMILES string of the molecule is C=C(CCC)CCCCCCCCC(CCCCCCCCCCCCC(CCCCCC)CCCCCCCC)N(NC)C(=C)CCCCCCCC. The Kier molecular flexibility index (Phi) is 42.8. The van der Waals surface area contributed by atoms with Crippen molar-refractivity contribution in [3.63, 3.8) is 0 Å². The number of hydrogen-bond acceptors (Lipinski definition) is 2. The summed E-state index contributed by atoms with van der Waals surface area (Å²) in [6, 6.07) is 0.599. The Hall–Kier alpha value is -0.760. The van der Waals surface area contributed by atoms with Crippen LogP contribution in [0.1, 0.15) is 291 Å². The summed E-state index contributed by atoms with van der Waals surface area (Å²) in [7, 11) is 2.13. The van der Waals surface area contributed by atoms with Crippen molar-refractivity contribution in [3.8, 4) is 0 Å². The van der Waals surface area contributed by atoms with Gasteiger partial charge in [0, 0.05) is 18.8 Å². The molecule has 54 heavy (non-hydrogen) atoms. The van der Waals surface area contributed by atoms with E-state index in [1.54, 1.807) is 0 Å². The third-order valence-corrected chi connectivity index (χ3v) is 12.5. The van der Waals surface area contributed by atoms with Crippen LogP contribution < -0.4 is 5.43 Å². The molecular formula is C52H104N2. The van der Waals surface area contributed by atoms with E-state index in [-0.39, 0.29) is 0 Å². The Balaban J connectivity index is 4.39. The van der Waals surface area contributed by atoms with Gasteiger partial charge < -0.3 is 5.01 Å². The van der Waals surface area contributed by atoms with Crippen LogP contribution in [0.2, 0.25) is 0 Å². The number of hydrazine groups is 1. The van der Waals surface area contributed by atoms with Crippen LogP contribution >= 0.6 is 0 Å². The van der Waals surface area contributed by atoms with Crippen molar-refractivity contribution >= 4 is 0 Å². The first-order valence-corrected chi connectivity index (χ1v) is 25.3. The van der Waals surface area contributed by atoms with Gasteiger partial charge in [-0.3, -0.25) is 0 Å². The molecule has 322 valence electrons. The molecule has 0 aliphatic carbocycles. The Morgan fingerprint density at radius 2 is 0.685 bits per heavy atom. The van der Waals surface area contributed by atoms with Gasteiger partial charge in [0.25, 0.3) is 0 Å². The fourth-order valence-corrected chi connectivity index (χ4v) is 8.91. The Labute approximate surface area is 343 Å². The van der Waals surface area contributed by atoms with E-state index in [2.05, 4.69) is 58.3 Å². The third-order valence-electron chi connectivity index (χ3n) is 12.5. The highest BCUT2D eigenvalue weighted by molar-refractivity contribution is 4.95. The summed E-state index contributed by atoms with van der Waals surface area (Å²) < 4.78 is 0. The fourth-order valence-electron chi connectivity index (χ4n) is 8.91. The molecule has 0 rings (SSSR count). The first-order valence-electron chi connectivity index (χ1n) is 25.3. The number of rotatable bonds is 46. The molecular weight excluding hydrogens is 653 g/mol. The van der Waals surface area contributed by atoms with Crippen molar-refractivity contribution in [2.75, 3.05) is 7.05 Å². The van der Waals surface area contributed by atoms with E-state index in [4.69, 9.17) is 0 Å². The number of hydrogen-bond donors (Lipinski definition) is 1. The van der Waals surface area contributed by atoms with Gasteiger partial charge >= 0.3 is 0 Å². The van der Waals surface area contributed by atoms with Gasteiger partial charge in [-0.15, -0.1) is 0 Å². The van der Waals surface area contributed by atoms with Crippen molar-refractivity contribution < 1.29 is 0 Å². The van der Waals surface area contributed by atoms with Crippen LogP contribution in [0.25, 0.3) is 0 Å². The fraction of sp³-hybridized carbons (Fsp3) is 0.923. The molecule has 0 heterocycles. The van der Waals surface area contributed by atoms with Gasteiger partial charge in [-0.2, -0.15) is 0 Å². The van der Waals surface area contributed by atoms with E-state index in [0.29, 0.717) is 6.04 Å². The maximum absolute atomic E-state index is 4.60. The van der Waals surface area contributed by atoms with E-state index >= 15 is 0 Å². The van der Waals surface area contributed by atoms with Crippen molar-refractivity contribution in [1.29, 1.82) is 0 Å². The molecule has 2 unspecified atom stereocenters. The molecule has 0 bridgehead atoms. The Bertz CT molecular complexity index is 757. The van der Waals surface area contributed by atoms with Crippen molar-refractivity contribution in [3.05, 3.63) is 24.4 Å². The van der Waals surface area contributed by atoms with Crippen LogP contribution in [0.3, 0.4) is 0 Å². The first kappa shape index (κ1) is 53.2. The Morgan fingerprint density at radius 3 is 1.06 bits per heavy atom. The maximum atomic E-state index is 4.60. The van der Waals surface area contributed by atoms with Crippen LogP contribution in [-0.4, -0.2) is 18.1 Å². The van der Waals surface area contributed by atoms with E-state index in [1.807, 2.05) is 0 Å². The second-order valence-electron chi connectivity index (χ2n) is 17.9. The highest BCUT2D eigenvalue weighted by atomic mass is 15.5. The normalized spacial score (nSPS) is 12.7. The lowest BCUT2D eigenvalue weighted by Crippen LogP contribution is -2.42. The molecule has 0 aromatic carbocycles. The third kappa shape index (κ3) is 35.6. The van der Waals surface area contributed by atoms with E-state index < -0.39 is 0 Å². The van der Waals surface area contributed by atoms with Crippen LogP contribution in [0.4, 0.5) is 0 Å². The van der Waals surface area contributed by atoms with Crippen molar-refractivity contribution in [2.45, 2.75) is 297 Å². The zero-order chi connectivity index (χ0) is 39.6. The zero-order valence-electron chi connectivity index (χ0n) is 38.5. The van der Waals surface area contributed by atoms with Crippen molar-refractivity contribution in [2.24, 2.45) is 5.92 Å². The molecule has 1 N–H and O–H groups in total. The van der Waals surface area contributed by atoms with Gasteiger partial charge in [-0.1, -0.05) is 265 Å². The van der Waals surface area contributed by atoms with Gasteiger partial charge in [-0.05, 0) is 50.9 Å². The van der Waals surface area contributed by atoms with E-state index in [1.165, 1.54) is 268 Å². The molecule has 0 fully saturated rings. The van der Waals surface area contributed by atoms with Gasteiger partial charge in [-0.25, -0.2) is 5.43 Å². The second kappa shape index (κ2) is 43.4. The predicted octanol–water partition coefficient (Wildman–Crippen LogP) is 18.6. The van der Waals surface area contributed by atoms with Crippen LogP contribution in [-0.2, 0) is 0 Å². The average Bonchev–Trinajstić information content (AvgIpc) is 3.17. The maximum Gasteiger partial charge on any atom is 0.0451 e. The summed E-state index contributed by atoms with van der Waals surface area (Å²) in [6.07, 6.45) is 57.3. The number of nitrogens with one attached hydrogen (secondary N) is 1. The topological polar surface area (TPSA) is 15.3 Å². The quantitative estimate of drug-likeness (QED) is 0.0378. The summed E-state index contributed by atoms with van der Waals surface area (Å²) in [5.74, 6) is 1.02. The molecule has 0 aromatic rings. The number of unbranched alkanes of at least 4 members (excludes halogenated alkanes) is 27. The van der Waals surface area contributed by atoms with Crippen molar-refractivity contribution in [1.82, 2.24) is 10.4 Å². The molecule has 0 saturated heterocycles. The highest BCUT2D eigenvalue weighted by Crippen LogP contribution is 2.26. The zero-order valence-corrected chi connectivity index (χ0v) is 38.5. The molecule has 0 radical (unpaired) electrons. The molecule has 0 spiro atoms. The molecule has 0 saturated carbocycles. The van der Waals surface area contributed by atoms with Crippen LogP contribution in [0.15, 0.2) is 24.4 Å². The second-order valence-corrected chi connectivity index (χ2v) is 17.9. The minimum absolute atomic E-state index is 0.599. The minimum atomic E-state index is 0.599. The van der Waals surface area contributed by atoms with Gasteiger partial charge in [0.05, 0.1) is 0 Å². The monoisotopic (exact) mass is 757 g/mol. The summed E-state index contributed by atoms with van der Waals surface area (Å²) >= 11 is 0. The van der Waals surface area contributed by atoms with Gasteiger partial charge in [0.2, 0.25) is 0 Å². The average molecular weight is 757 g/mol. The van der Waals surface area contributed by atoms with Gasteiger partial charge in [0.1, 0.15) is 0 Å². The number of nitrogens with zero attached hydrogens (tertiary/aromatic N) is 1.